The van der Waals surface area contributed by atoms with E-state index in [0.717, 1.165) is 13.1 Å². The predicted molar refractivity (Wildman–Crippen MR) is 43.4 cm³/mol. The summed E-state index contributed by atoms with van der Waals surface area (Å²) in [5.41, 5.74) is -0.110. The number of piperidine rings is 1. The number of rotatable bonds is 0. The van der Waals surface area contributed by atoms with Crippen LogP contribution in [0, 0.1) is 0 Å². The normalized spacial score (nSPS) is 42.0. The first-order chi connectivity index (χ1) is 5.17. The smallest absolute Gasteiger partial charge is 0.114 e. The van der Waals surface area contributed by atoms with Gasteiger partial charge in [-0.05, 0) is 26.8 Å². The van der Waals surface area contributed by atoms with E-state index in [9.17, 15) is 0 Å². The van der Waals surface area contributed by atoms with Crippen LogP contribution in [0.4, 0.5) is 0 Å². The van der Waals surface area contributed by atoms with E-state index in [2.05, 4.69) is 24.5 Å². The second kappa shape index (κ2) is 2.44. The van der Waals surface area contributed by atoms with Gasteiger partial charge >= 0.3 is 0 Å². The van der Waals surface area contributed by atoms with Gasteiger partial charge < -0.3 is 10.1 Å². The van der Waals surface area contributed by atoms with Gasteiger partial charge in [0.25, 0.3) is 0 Å². The van der Waals surface area contributed by atoms with Gasteiger partial charge in [-0.1, -0.05) is 0 Å². The minimum atomic E-state index is -0.110. The largest absolute Gasteiger partial charge is 0.355 e. The highest BCUT2D eigenvalue weighted by atomic mass is 16.5. The summed E-state index contributed by atoms with van der Waals surface area (Å²) < 4.78 is 5.78. The molecule has 0 spiro atoms. The molecule has 2 saturated heterocycles. The highest BCUT2D eigenvalue weighted by molar-refractivity contribution is 4.93. The molecule has 0 aromatic carbocycles. The molecule has 0 saturated carbocycles. The fraction of sp³-hybridized carbons (Fsp3) is 1.00. The number of ether oxygens (including phenoxy) is 1. The highest BCUT2D eigenvalue weighted by Gasteiger charge is 2.40. The summed E-state index contributed by atoms with van der Waals surface area (Å²) in [6.07, 6.45) is 1.58. The van der Waals surface area contributed by atoms with Crippen molar-refractivity contribution < 1.29 is 4.74 Å². The maximum atomic E-state index is 5.78. The second-order valence-corrected chi connectivity index (χ2v) is 3.91. The van der Waals surface area contributed by atoms with Crippen molar-refractivity contribution in [2.24, 2.45) is 0 Å². The first-order valence-corrected chi connectivity index (χ1v) is 4.34. The van der Waals surface area contributed by atoms with E-state index in [0.29, 0.717) is 12.1 Å². The summed E-state index contributed by atoms with van der Waals surface area (Å²) in [4.78, 5) is 0. The third kappa shape index (κ3) is 1.41. The molecule has 0 aromatic heterocycles. The van der Waals surface area contributed by atoms with Crippen LogP contribution in [0.15, 0.2) is 0 Å². The number of nitrogens with one attached hydrogen (secondary N) is 2. The van der Waals surface area contributed by atoms with Gasteiger partial charge in [-0.3, -0.25) is 5.32 Å². The molecule has 3 nitrogen and oxygen atoms in total. The van der Waals surface area contributed by atoms with Crippen molar-refractivity contribution in [3.05, 3.63) is 0 Å². The lowest BCUT2D eigenvalue weighted by atomic mass is 10.1. The molecule has 2 heterocycles. The molecule has 2 aliphatic heterocycles. The minimum absolute atomic E-state index is 0.110. The van der Waals surface area contributed by atoms with Crippen LogP contribution in [-0.4, -0.2) is 31.0 Å². The van der Waals surface area contributed by atoms with Crippen LogP contribution in [0.1, 0.15) is 20.3 Å². The molecule has 3 heteroatoms. The molecule has 2 unspecified atom stereocenters. The zero-order valence-corrected chi connectivity index (χ0v) is 7.18. The van der Waals surface area contributed by atoms with Crippen molar-refractivity contribution >= 4 is 0 Å². The van der Waals surface area contributed by atoms with Crippen molar-refractivity contribution in [2.75, 3.05) is 13.1 Å². The lowest BCUT2D eigenvalue weighted by molar-refractivity contribution is -0.0264. The van der Waals surface area contributed by atoms with Crippen molar-refractivity contribution in [2.45, 2.75) is 38.1 Å². The Kier molecular flexibility index (Phi) is 1.67. The van der Waals surface area contributed by atoms with Crippen molar-refractivity contribution in [3.8, 4) is 0 Å². The monoisotopic (exact) mass is 156 g/mol. The molecule has 0 aliphatic carbocycles. The van der Waals surface area contributed by atoms with Crippen LogP contribution in [0.2, 0.25) is 0 Å². The average Bonchev–Trinajstić information content (AvgIpc) is 2.21. The van der Waals surface area contributed by atoms with E-state index < -0.39 is 0 Å². The topological polar surface area (TPSA) is 33.3 Å². The van der Waals surface area contributed by atoms with Crippen LogP contribution in [0.5, 0.6) is 0 Å². The lowest BCUT2D eigenvalue weighted by Gasteiger charge is -2.23. The first-order valence-electron chi connectivity index (χ1n) is 4.34. The maximum Gasteiger partial charge on any atom is 0.114 e. The lowest BCUT2D eigenvalue weighted by Crippen LogP contribution is -2.46. The van der Waals surface area contributed by atoms with Crippen LogP contribution >= 0.6 is 0 Å². The fourth-order valence-electron chi connectivity index (χ4n) is 1.98. The van der Waals surface area contributed by atoms with Crippen molar-refractivity contribution in [1.82, 2.24) is 10.6 Å². The summed E-state index contributed by atoms with van der Waals surface area (Å²) in [6.45, 7) is 6.30. The Morgan fingerprint density at radius 2 is 2.27 bits per heavy atom. The number of fused-ring (bicyclic) bond motifs is 1. The molecule has 2 aliphatic rings. The minimum Gasteiger partial charge on any atom is -0.355 e. The van der Waals surface area contributed by atoms with E-state index in [1.807, 2.05) is 0 Å². The third-order valence-electron chi connectivity index (χ3n) is 2.41. The molecular weight excluding hydrogens is 140 g/mol. The summed E-state index contributed by atoms with van der Waals surface area (Å²) in [5.74, 6) is 0. The molecule has 0 amide bonds. The fourth-order valence-corrected chi connectivity index (χ4v) is 1.98. The summed E-state index contributed by atoms with van der Waals surface area (Å²) >= 11 is 0. The third-order valence-corrected chi connectivity index (χ3v) is 2.41. The van der Waals surface area contributed by atoms with Gasteiger partial charge in [0.15, 0.2) is 0 Å². The summed E-state index contributed by atoms with van der Waals surface area (Å²) in [7, 11) is 0. The van der Waals surface area contributed by atoms with Gasteiger partial charge in [-0.2, -0.15) is 0 Å². The second-order valence-electron chi connectivity index (χ2n) is 3.91. The zero-order valence-electron chi connectivity index (χ0n) is 7.18. The molecule has 2 fully saturated rings. The molecule has 0 radical (unpaired) electrons. The van der Waals surface area contributed by atoms with Crippen molar-refractivity contribution in [1.29, 1.82) is 0 Å². The van der Waals surface area contributed by atoms with Gasteiger partial charge in [0.05, 0.1) is 6.10 Å². The number of hydrogen-bond donors (Lipinski definition) is 2. The molecule has 2 N–H and O–H groups in total. The molecule has 2 rings (SSSR count). The average molecular weight is 156 g/mol. The Hall–Kier alpha value is -0.120. The van der Waals surface area contributed by atoms with Crippen LogP contribution in [-0.2, 0) is 4.74 Å². The van der Waals surface area contributed by atoms with Gasteiger partial charge in [-0.25, -0.2) is 0 Å². The van der Waals surface area contributed by atoms with E-state index in [4.69, 9.17) is 4.74 Å². The van der Waals surface area contributed by atoms with E-state index in [-0.39, 0.29) is 5.72 Å². The van der Waals surface area contributed by atoms with Crippen LogP contribution < -0.4 is 10.6 Å². The Balaban J connectivity index is 2.03. The molecule has 11 heavy (non-hydrogen) atoms. The Morgan fingerprint density at radius 3 is 3.00 bits per heavy atom. The summed E-state index contributed by atoms with van der Waals surface area (Å²) in [6, 6.07) is 0.575. The first kappa shape index (κ1) is 7.53. The predicted octanol–water partition coefficient (Wildman–Crippen LogP) is 0.0728. The molecule has 0 aromatic rings. The Labute approximate surface area is 67.5 Å². The van der Waals surface area contributed by atoms with E-state index in [1.165, 1.54) is 6.42 Å². The standard InChI is InChI=1S/C8H16N2O/c1-8(2)10-6-3-4-9-5-7(6)11-8/h6-7,9-10H,3-5H2,1-2H3. The van der Waals surface area contributed by atoms with Gasteiger partial charge in [0.2, 0.25) is 0 Å². The van der Waals surface area contributed by atoms with E-state index >= 15 is 0 Å². The Bertz CT molecular complexity index is 142. The van der Waals surface area contributed by atoms with Gasteiger partial charge in [0.1, 0.15) is 5.72 Å². The molecule has 64 valence electrons. The Morgan fingerprint density at radius 1 is 1.45 bits per heavy atom. The van der Waals surface area contributed by atoms with Crippen LogP contribution in [0.3, 0.4) is 0 Å². The quantitative estimate of drug-likeness (QED) is 0.521. The molecular formula is C8H16N2O. The molecule has 2 atom stereocenters. The highest BCUT2D eigenvalue weighted by Crippen LogP contribution is 2.23. The van der Waals surface area contributed by atoms with Gasteiger partial charge in [0, 0.05) is 12.6 Å². The number of hydrogen-bond acceptors (Lipinski definition) is 3. The summed E-state index contributed by atoms with van der Waals surface area (Å²) in [5, 5.41) is 6.80. The van der Waals surface area contributed by atoms with Crippen LogP contribution in [0.25, 0.3) is 0 Å². The molecule has 0 bridgehead atoms. The maximum absolute atomic E-state index is 5.78. The van der Waals surface area contributed by atoms with Crippen molar-refractivity contribution in [3.63, 3.8) is 0 Å². The van der Waals surface area contributed by atoms with E-state index in [1.54, 1.807) is 0 Å². The van der Waals surface area contributed by atoms with Gasteiger partial charge in [-0.15, -0.1) is 0 Å². The SMILES string of the molecule is CC1(C)NC2CCNCC2O1. The zero-order chi connectivity index (χ0) is 7.90.